The number of carbonyl (C=O) groups is 1. The molecule has 2 heterocycles. The summed E-state index contributed by atoms with van der Waals surface area (Å²) in [7, 11) is 0. The Morgan fingerprint density at radius 3 is 2.76 bits per heavy atom. The molecule has 2 aromatic rings. The average Bonchev–Trinajstić information content (AvgIpc) is 3.15. The molecule has 5 nitrogen and oxygen atoms in total. The first-order valence-electron chi connectivity index (χ1n) is 8.42. The summed E-state index contributed by atoms with van der Waals surface area (Å²) < 4.78 is 32.1. The van der Waals surface area contributed by atoms with Crippen LogP contribution in [0, 0.1) is 11.6 Å². The van der Waals surface area contributed by atoms with Gasteiger partial charge in [0.2, 0.25) is 0 Å². The number of β-amino-alcohol motifs (C(OH)–C–C–N with tert-alkyl or cyclic N) is 1. The smallest absolute Gasteiger partial charge is 0.276 e. The summed E-state index contributed by atoms with van der Waals surface area (Å²) in [5, 5.41) is 9.99. The summed E-state index contributed by atoms with van der Waals surface area (Å²) in [6.45, 7) is 0.119. The van der Waals surface area contributed by atoms with Crippen LogP contribution in [0.5, 0.6) is 0 Å². The van der Waals surface area contributed by atoms with Gasteiger partial charge in [-0.05, 0) is 37.0 Å². The van der Waals surface area contributed by atoms with Gasteiger partial charge in [-0.2, -0.15) is 0 Å². The zero-order valence-electron chi connectivity index (χ0n) is 13.5. The molecule has 1 N–H and O–H groups in total. The summed E-state index contributed by atoms with van der Waals surface area (Å²) in [6, 6.07) is 3.01. The van der Waals surface area contributed by atoms with Crippen LogP contribution in [0.1, 0.15) is 59.6 Å². The van der Waals surface area contributed by atoms with Crippen molar-refractivity contribution in [2.45, 2.75) is 43.7 Å². The number of benzene rings is 1. The van der Waals surface area contributed by atoms with Gasteiger partial charge in [-0.15, -0.1) is 0 Å². The first-order valence-corrected chi connectivity index (χ1v) is 8.42. The Balaban J connectivity index is 1.59. The van der Waals surface area contributed by atoms with E-state index in [1.807, 2.05) is 0 Å². The normalized spacial score (nSPS) is 23.7. The maximum atomic E-state index is 13.6. The van der Waals surface area contributed by atoms with Crippen molar-refractivity contribution in [3.8, 4) is 0 Å². The lowest BCUT2D eigenvalue weighted by Gasteiger charge is -2.24. The Kier molecular flexibility index (Phi) is 4.03. The van der Waals surface area contributed by atoms with Crippen molar-refractivity contribution in [2.75, 3.05) is 6.54 Å². The standard InChI is InChI=1S/C18H18F2N2O3/c19-13-5-4-11(6-14(13)20)16-7-12(23)8-22(16)18(24)15-9-25-17(21-15)10-2-1-3-10/h4-6,9-10,12,16,23H,1-3,7-8H2/t12-,16-/m1/s1. The lowest BCUT2D eigenvalue weighted by Crippen LogP contribution is -2.32. The van der Waals surface area contributed by atoms with E-state index in [9.17, 15) is 18.7 Å². The summed E-state index contributed by atoms with van der Waals surface area (Å²) in [5.74, 6) is -1.45. The Morgan fingerprint density at radius 1 is 1.28 bits per heavy atom. The minimum absolute atomic E-state index is 0.119. The van der Waals surface area contributed by atoms with Crippen LogP contribution in [0.2, 0.25) is 0 Å². The van der Waals surface area contributed by atoms with Crippen molar-refractivity contribution in [2.24, 2.45) is 0 Å². The van der Waals surface area contributed by atoms with E-state index in [2.05, 4.69) is 4.98 Å². The third kappa shape index (κ3) is 2.93. The first-order chi connectivity index (χ1) is 12.0. The molecule has 1 aromatic heterocycles. The number of amides is 1. The summed E-state index contributed by atoms with van der Waals surface area (Å²) in [5.41, 5.74) is 0.634. The van der Waals surface area contributed by atoms with Crippen molar-refractivity contribution in [1.82, 2.24) is 9.88 Å². The predicted octanol–water partition coefficient (Wildman–Crippen LogP) is 3.17. The topological polar surface area (TPSA) is 66.6 Å². The number of hydrogen-bond acceptors (Lipinski definition) is 4. The monoisotopic (exact) mass is 348 g/mol. The van der Waals surface area contributed by atoms with Gasteiger partial charge in [-0.25, -0.2) is 13.8 Å². The summed E-state index contributed by atoms with van der Waals surface area (Å²) in [4.78, 5) is 18.5. The predicted molar refractivity (Wildman–Crippen MR) is 83.9 cm³/mol. The molecule has 4 rings (SSSR count). The van der Waals surface area contributed by atoms with Gasteiger partial charge in [0, 0.05) is 12.5 Å². The molecule has 7 heteroatoms. The second-order valence-corrected chi connectivity index (χ2v) is 6.74. The van der Waals surface area contributed by atoms with E-state index in [4.69, 9.17) is 4.42 Å². The van der Waals surface area contributed by atoms with E-state index >= 15 is 0 Å². The number of rotatable bonds is 3. The molecular formula is C18H18F2N2O3. The van der Waals surface area contributed by atoms with E-state index < -0.39 is 23.8 Å². The number of hydrogen-bond donors (Lipinski definition) is 1. The van der Waals surface area contributed by atoms with Crippen LogP contribution < -0.4 is 0 Å². The average molecular weight is 348 g/mol. The number of aliphatic hydroxyl groups excluding tert-OH is 1. The highest BCUT2D eigenvalue weighted by Gasteiger charge is 2.37. The van der Waals surface area contributed by atoms with Crippen molar-refractivity contribution in [1.29, 1.82) is 0 Å². The van der Waals surface area contributed by atoms with Gasteiger partial charge < -0.3 is 14.4 Å². The van der Waals surface area contributed by atoms with Crippen molar-refractivity contribution in [3.05, 3.63) is 53.2 Å². The van der Waals surface area contributed by atoms with Gasteiger partial charge in [0.25, 0.3) is 5.91 Å². The third-order valence-electron chi connectivity index (χ3n) is 5.06. The first kappa shape index (κ1) is 16.2. The number of halogens is 2. The molecule has 1 saturated carbocycles. The van der Waals surface area contributed by atoms with Crippen molar-refractivity contribution in [3.63, 3.8) is 0 Å². The van der Waals surface area contributed by atoms with Crippen LogP contribution in [0.3, 0.4) is 0 Å². The molecule has 1 saturated heterocycles. The fourth-order valence-electron chi connectivity index (χ4n) is 3.45. The van der Waals surface area contributed by atoms with E-state index in [0.29, 0.717) is 11.5 Å². The quantitative estimate of drug-likeness (QED) is 0.925. The SMILES string of the molecule is O=C(c1coc(C2CCC2)n1)N1C[C@H](O)C[C@@H]1c1ccc(F)c(F)c1. The zero-order valence-corrected chi connectivity index (χ0v) is 13.5. The Labute approximate surface area is 143 Å². The fourth-order valence-corrected chi connectivity index (χ4v) is 3.45. The molecule has 0 spiro atoms. The van der Waals surface area contributed by atoms with Gasteiger partial charge in [-0.3, -0.25) is 4.79 Å². The van der Waals surface area contributed by atoms with Crippen molar-refractivity contribution < 1.29 is 23.1 Å². The van der Waals surface area contributed by atoms with Crippen LogP contribution in [-0.4, -0.2) is 33.5 Å². The number of oxazole rings is 1. The van der Waals surface area contributed by atoms with Gasteiger partial charge >= 0.3 is 0 Å². The van der Waals surface area contributed by atoms with Crippen LogP contribution in [-0.2, 0) is 0 Å². The highest BCUT2D eigenvalue weighted by atomic mass is 19.2. The molecule has 2 fully saturated rings. The molecule has 132 valence electrons. The molecule has 2 aliphatic rings. The van der Waals surface area contributed by atoms with Gasteiger partial charge in [-0.1, -0.05) is 12.5 Å². The Morgan fingerprint density at radius 2 is 2.08 bits per heavy atom. The summed E-state index contributed by atoms with van der Waals surface area (Å²) >= 11 is 0. The molecule has 2 atom stereocenters. The third-order valence-corrected chi connectivity index (χ3v) is 5.06. The number of nitrogens with zero attached hydrogens (tertiary/aromatic N) is 2. The van der Waals surface area contributed by atoms with Crippen molar-refractivity contribution >= 4 is 5.91 Å². The molecule has 0 bridgehead atoms. The minimum Gasteiger partial charge on any atom is -0.448 e. The lowest BCUT2D eigenvalue weighted by atomic mass is 9.85. The molecule has 0 radical (unpaired) electrons. The lowest BCUT2D eigenvalue weighted by molar-refractivity contribution is 0.0709. The highest BCUT2D eigenvalue weighted by molar-refractivity contribution is 5.92. The van der Waals surface area contributed by atoms with Crippen LogP contribution in [0.15, 0.2) is 28.9 Å². The van der Waals surface area contributed by atoms with E-state index in [1.54, 1.807) is 0 Å². The van der Waals surface area contributed by atoms with E-state index in [1.165, 1.54) is 17.2 Å². The van der Waals surface area contributed by atoms with Crippen LogP contribution in [0.4, 0.5) is 8.78 Å². The molecule has 0 unspecified atom stereocenters. The Bertz CT molecular complexity index is 803. The summed E-state index contributed by atoms with van der Waals surface area (Å²) in [6.07, 6.45) is 4.03. The second-order valence-electron chi connectivity index (χ2n) is 6.74. The highest BCUT2D eigenvalue weighted by Crippen LogP contribution is 2.37. The molecule has 1 amide bonds. The maximum absolute atomic E-state index is 13.6. The number of aliphatic hydroxyl groups is 1. The number of likely N-dealkylation sites (tertiary alicyclic amines) is 1. The molecule has 1 aliphatic heterocycles. The maximum Gasteiger partial charge on any atom is 0.276 e. The number of carbonyl (C=O) groups excluding carboxylic acids is 1. The Hall–Kier alpha value is -2.28. The molecule has 25 heavy (non-hydrogen) atoms. The molecular weight excluding hydrogens is 330 g/mol. The van der Waals surface area contributed by atoms with Crippen LogP contribution in [0.25, 0.3) is 0 Å². The number of aromatic nitrogens is 1. The van der Waals surface area contributed by atoms with E-state index in [-0.39, 0.29) is 30.5 Å². The fraction of sp³-hybridized carbons (Fsp3) is 0.444. The van der Waals surface area contributed by atoms with E-state index in [0.717, 1.165) is 31.4 Å². The second kappa shape index (κ2) is 6.22. The minimum atomic E-state index is -0.972. The van der Waals surface area contributed by atoms with Crippen LogP contribution >= 0.6 is 0 Å². The van der Waals surface area contributed by atoms with Gasteiger partial charge in [0.05, 0.1) is 12.1 Å². The van der Waals surface area contributed by atoms with Gasteiger partial charge in [0.15, 0.2) is 23.2 Å². The van der Waals surface area contributed by atoms with Gasteiger partial charge in [0.1, 0.15) is 6.26 Å². The largest absolute Gasteiger partial charge is 0.448 e. The molecule has 1 aromatic carbocycles. The molecule has 1 aliphatic carbocycles. The zero-order chi connectivity index (χ0) is 17.6.